The van der Waals surface area contributed by atoms with Gasteiger partial charge in [0, 0.05) is 48.0 Å². The molecule has 1 amide bonds. The second-order valence-corrected chi connectivity index (χ2v) is 10.2. The van der Waals surface area contributed by atoms with Gasteiger partial charge in [-0.05, 0) is 61.0 Å². The first-order valence-electron chi connectivity index (χ1n) is 11.6. The number of hydrogen-bond acceptors (Lipinski definition) is 7. The number of ketones is 1. The highest BCUT2D eigenvalue weighted by Crippen LogP contribution is 2.44. The Morgan fingerprint density at radius 1 is 1.03 bits per heavy atom. The van der Waals surface area contributed by atoms with Crippen LogP contribution in [0.5, 0.6) is 5.75 Å². The third-order valence-electron chi connectivity index (χ3n) is 6.68. The van der Waals surface area contributed by atoms with Crippen LogP contribution in [0, 0.1) is 0 Å². The van der Waals surface area contributed by atoms with E-state index in [-0.39, 0.29) is 11.3 Å². The number of carbonyl (C=O) groups is 2. The first-order valence-corrected chi connectivity index (χ1v) is 12.9. The van der Waals surface area contributed by atoms with Gasteiger partial charge in [-0.2, -0.15) is 0 Å². The largest absolute Gasteiger partial charge is 0.507 e. The third kappa shape index (κ3) is 4.36. The molecule has 2 aliphatic rings. The number of anilines is 2. The number of thiophene rings is 1. The first kappa shape index (κ1) is 24.4. The molecule has 0 radical (unpaired) electrons. The molecule has 36 heavy (non-hydrogen) atoms. The number of hydrogen-bond donors (Lipinski definition) is 1. The predicted molar refractivity (Wildman–Crippen MR) is 143 cm³/mol. The summed E-state index contributed by atoms with van der Waals surface area (Å²) < 4.78 is 5.19. The molecule has 0 spiro atoms. The SMILES string of the molecule is COc1ccc(/C(O)=C2/C(=O)C(=O)N(c3ccc(N4CCN(C)CC4)cc3)C2c2cccs2)cc1Cl. The Labute approximate surface area is 218 Å². The van der Waals surface area contributed by atoms with E-state index in [1.807, 2.05) is 41.8 Å². The minimum atomic E-state index is -0.750. The Morgan fingerprint density at radius 2 is 1.72 bits per heavy atom. The number of Topliss-reactive ketones (excluding diaryl/α,β-unsaturated/α-hetero) is 1. The van der Waals surface area contributed by atoms with E-state index in [1.54, 1.807) is 12.1 Å². The van der Waals surface area contributed by atoms with Gasteiger partial charge in [-0.1, -0.05) is 17.7 Å². The molecule has 3 heterocycles. The molecule has 3 aromatic rings. The van der Waals surface area contributed by atoms with Gasteiger partial charge in [0.1, 0.15) is 17.6 Å². The maximum Gasteiger partial charge on any atom is 0.300 e. The fourth-order valence-corrected chi connectivity index (χ4v) is 5.75. The van der Waals surface area contributed by atoms with E-state index >= 15 is 0 Å². The van der Waals surface area contributed by atoms with Gasteiger partial charge >= 0.3 is 0 Å². The van der Waals surface area contributed by atoms with Gasteiger partial charge in [0.25, 0.3) is 11.7 Å². The van der Waals surface area contributed by atoms with Crippen molar-refractivity contribution in [1.82, 2.24) is 4.90 Å². The van der Waals surface area contributed by atoms with Crippen molar-refractivity contribution in [2.75, 3.05) is 50.1 Å². The number of aliphatic hydroxyl groups excluding tert-OH is 1. The fraction of sp³-hybridized carbons (Fsp3) is 0.259. The lowest BCUT2D eigenvalue weighted by Crippen LogP contribution is -2.44. The molecule has 0 bridgehead atoms. The summed E-state index contributed by atoms with van der Waals surface area (Å²) in [5.41, 5.74) is 2.04. The predicted octanol–water partition coefficient (Wildman–Crippen LogP) is 4.79. The number of rotatable bonds is 5. The van der Waals surface area contributed by atoms with Crippen molar-refractivity contribution in [2.24, 2.45) is 0 Å². The molecular weight excluding hydrogens is 498 g/mol. The molecule has 9 heteroatoms. The summed E-state index contributed by atoms with van der Waals surface area (Å²) in [4.78, 5) is 33.5. The van der Waals surface area contributed by atoms with Crippen LogP contribution in [0.2, 0.25) is 5.02 Å². The lowest BCUT2D eigenvalue weighted by atomic mass is 9.99. The molecule has 2 saturated heterocycles. The number of methoxy groups -OCH3 is 1. The number of likely N-dealkylation sites (N-methyl/N-ethyl adjacent to an activating group) is 1. The topological polar surface area (TPSA) is 73.3 Å². The number of piperazine rings is 1. The molecule has 1 atom stereocenters. The Kier molecular flexibility index (Phi) is 6.75. The smallest absolute Gasteiger partial charge is 0.300 e. The number of halogens is 1. The van der Waals surface area contributed by atoms with Gasteiger partial charge in [-0.15, -0.1) is 11.3 Å². The number of ether oxygens (including phenoxy) is 1. The van der Waals surface area contributed by atoms with E-state index in [1.165, 1.54) is 29.4 Å². The first-order chi connectivity index (χ1) is 17.4. The van der Waals surface area contributed by atoms with Crippen molar-refractivity contribution in [3.63, 3.8) is 0 Å². The molecule has 1 aromatic heterocycles. The van der Waals surface area contributed by atoms with Crippen LogP contribution in [-0.2, 0) is 9.59 Å². The zero-order chi connectivity index (χ0) is 25.4. The average molecular weight is 524 g/mol. The maximum absolute atomic E-state index is 13.3. The minimum Gasteiger partial charge on any atom is -0.507 e. The summed E-state index contributed by atoms with van der Waals surface area (Å²) in [7, 11) is 3.61. The molecule has 7 nitrogen and oxygen atoms in total. The second-order valence-electron chi connectivity index (χ2n) is 8.84. The highest BCUT2D eigenvalue weighted by atomic mass is 35.5. The summed E-state index contributed by atoms with van der Waals surface area (Å²) in [6.45, 7) is 3.84. The lowest BCUT2D eigenvalue weighted by Gasteiger charge is -2.34. The number of aliphatic hydroxyl groups is 1. The number of benzene rings is 2. The molecule has 0 saturated carbocycles. The van der Waals surface area contributed by atoms with Crippen LogP contribution < -0.4 is 14.5 Å². The van der Waals surface area contributed by atoms with E-state index in [0.29, 0.717) is 22.0 Å². The number of amides is 1. The van der Waals surface area contributed by atoms with Crippen LogP contribution >= 0.6 is 22.9 Å². The van der Waals surface area contributed by atoms with Crippen molar-refractivity contribution < 1.29 is 19.4 Å². The average Bonchev–Trinajstić information content (AvgIpc) is 3.51. The van der Waals surface area contributed by atoms with Gasteiger partial charge in [-0.3, -0.25) is 14.5 Å². The molecule has 5 rings (SSSR count). The van der Waals surface area contributed by atoms with Crippen LogP contribution in [0.25, 0.3) is 5.76 Å². The monoisotopic (exact) mass is 523 g/mol. The number of nitrogens with zero attached hydrogens (tertiary/aromatic N) is 3. The normalized spacial score (nSPS) is 20.2. The minimum absolute atomic E-state index is 0.0341. The van der Waals surface area contributed by atoms with Crippen LogP contribution in [-0.4, -0.2) is 62.0 Å². The second kappa shape index (κ2) is 9.97. The standard InChI is InChI=1S/C27H26ClN3O4S/c1-29-11-13-30(14-12-29)18-6-8-19(9-7-18)31-24(22-4-3-15-36-22)23(26(33)27(31)34)25(32)17-5-10-21(35-2)20(28)16-17/h3-10,15-16,24,32H,11-14H2,1-2H3/b25-23-. The number of carbonyl (C=O) groups excluding carboxylic acids is 2. The van der Waals surface area contributed by atoms with Gasteiger partial charge in [0.15, 0.2) is 0 Å². The van der Waals surface area contributed by atoms with Gasteiger partial charge in [0.2, 0.25) is 0 Å². The molecule has 186 valence electrons. The van der Waals surface area contributed by atoms with Crippen molar-refractivity contribution in [1.29, 1.82) is 0 Å². The van der Waals surface area contributed by atoms with Crippen molar-refractivity contribution in [3.05, 3.63) is 81.0 Å². The quantitative estimate of drug-likeness (QED) is 0.294. The molecule has 2 aromatic carbocycles. The summed E-state index contributed by atoms with van der Waals surface area (Å²) in [6.07, 6.45) is 0. The van der Waals surface area contributed by atoms with Gasteiger partial charge in [0.05, 0.1) is 17.7 Å². The van der Waals surface area contributed by atoms with Crippen molar-refractivity contribution >= 4 is 51.8 Å². The van der Waals surface area contributed by atoms with E-state index in [4.69, 9.17) is 16.3 Å². The maximum atomic E-state index is 13.3. The van der Waals surface area contributed by atoms with Crippen molar-refractivity contribution in [3.8, 4) is 5.75 Å². The Morgan fingerprint density at radius 3 is 2.33 bits per heavy atom. The zero-order valence-corrected chi connectivity index (χ0v) is 21.6. The molecule has 2 aliphatic heterocycles. The van der Waals surface area contributed by atoms with Crippen LogP contribution in [0.3, 0.4) is 0 Å². The van der Waals surface area contributed by atoms with Crippen molar-refractivity contribution in [2.45, 2.75) is 6.04 Å². The van der Waals surface area contributed by atoms with Crippen LogP contribution in [0.15, 0.2) is 65.6 Å². The molecule has 0 aliphatic carbocycles. The van der Waals surface area contributed by atoms with E-state index in [0.717, 1.165) is 36.7 Å². The summed E-state index contributed by atoms with van der Waals surface area (Å²) in [5.74, 6) is -1.24. The molecule has 1 N–H and O–H groups in total. The Bertz CT molecular complexity index is 1320. The van der Waals surface area contributed by atoms with Crippen LogP contribution in [0.4, 0.5) is 11.4 Å². The Balaban J connectivity index is 1.55. The summed E-state index contributed by atoms with van der Waals surface area (Å²) in [6, 6.07) is 15.4. The summed E-state index contributed by atoms with van der Waals surface area (Å²) >= 11 is 7.69. The highest BCUT2D eigenvalue weighted by Gasteiger charge is 2.47. The fourth-order valence-electron chi connectivity index (χ4n) is 4.67. The highest BCUT2D eigenvalue weighted by molar-refractivity contribution is 7.10. The zero-order valence-electron chi connectivity index (χ0n) is 20.0. The third-order valence-corrected chi connectivity index (χ3v) is 7.90. The molecule has 1 unspecified atom stereocenters. The van der Waals surface area contributed by atoms with Gasteiger partial charge in [-0.25, -0.2) is 0 Å². The van der Waals surface area contributed by atoms with Gasteiger partial charge < -0.3 is 19.6 Å². The van der Waals surface area contributed by atoms with E-state index in [2.05, 4.69) is 16.8 Å². The Hall–Kier alpha value is -3.33. The molecule has 2 fully saturated rings. The lowest BCUT2D eigenvalue weighted by molar-refractivity contribution is -0.132. The van der Waals surface area contributed by atoms with E-state index in [9.17, 15) is 14.7 Å². The molecular formula is C27H26ClN3O4S. The summed E-state index contributed by atoms with van der Waals surface area (Å²) in [5, 5.41) is 13.4. The van der Waals surface area contributed by atoms with Crippen LogP contribution in [0.1, 0.15) is 16.5 Å². The van der Waals surface area contributed by atoms with E-state index < -0.39 is 17.7 Å².